The van der Waals surface area contributed by atoms with Gasteiger partial charge in [0.25, 0.3) is 0 Å². The molecule has 10 rings (SSSR count). The standard InChI is InChI=1S/2C22H19N5O4S.Hg/c2*1-13-19-21(15-7-4-3-5-8-15)26(14(2)28)25-22(19)27(24-13)32(30,31)18-11-10-17(29)20-16(18)9-6-12-23-20;/h2*3-12,19,21,29H,1-2H3;/q;;+2/p-2. The number of hydrogen-bond acceptors (Lipinski definition) is 14. The Morgan fingerprint density at radius 3 is 1.32 bits per heavy atom. The number of fused-ring (bicyclic) bond motifs is 4. The number of hydrazone groups is 4. The van der Waals surface area contributed by atoms with Crippen LogP contribution in [0.5, 0.6) is 11.5 Å². The van der Waals surface area contributed by atoms with E-state index in [1.54, 1.807) is 38.1 Å². The van der Waals surface area contributed by atoms with Gasteiger partial charge in [-0.2, -0.15) is 0 Å². The molecule has 0 saturated heterocycles. The van der Waals surface area contributed by atoms with Gasteiger partial charge in [0.2, 0.25) is 0 Å². The molecule has 0 fully saturated rings. The smallest absolute Gasteiger partial charge is 0.0622 e. The zero-order chi connectivity index (χ0) is 45.4. The van der Waals surface area contributed by atoms with Gasteiger partial charge < -0.3 is 0 Å². The maximum atomic E-state index is 14.5. The van der Waals surface area contributed by atoms with Gasteiger partial charge in [-0.1, -0.05) is 36.4 Å². The van der Waals surface area contributed by atoms with Crippen molar-refractivity contribution in [2.75, 3.05) is 0 Å². The van der Waals surface area contributed by atoms with E-state index in [1.807, 2.05) is 60.7 Å². The zero-order valence-corrected chi connectivity index (χ0v) is 42.2. The Hall–Kier alpha value is -6.64. The summed E-state index contributed by atoms with van der Waals surface area (Å²) in [5.41, 5.74) is 3.10. The molecule has 0 N–H and O–H groups in total. The number of aromatic nitrogens is 2. The number of amides is 2. The van der Waals surface area contributed by atoms with Crippen LogP contribution in [-0.4, -0.2) is 80.6 Å². The molecule has 18 nitrogen and oxygen atoms in total. The van der Waals surface area contributed by atoms with E-state index in [2.05, 4.69) is 30.4 Å². The summed E-state index contributed by atoms with van der Waals surface area (Å²) in [5, 5.41) is 21.1. The van der Waals surface area contributed by atoms with Gasteiger partial charge in [0.1, 0.15) is 0 Å². The summed E-state index contributed by atoms with van der Waals surface area (Å²) in [4.78, 5) is 34.4. The number of rotatable bonds is 10. The summed E-state index contributed by atoms with van der Waals surface area (Å²) < 4.78 is 72.5. The second kappa shape index (κ2) is 16.1. The van der Waals surface area contributed by atoms with Crippen LogP contribution >= 0.6 is 0 Å². The third-order valence-electron chi connectivity index (χ3n) is 11.7. The minimum absolute atomic E-state index is 0.0908. The predicted octanol–water partition coefficient (Wildman–Crippen LogP) is 5.98. The van der Waals surface area contributed by atoms with Crippen molar-refractivity contribution in [3.8, 4) is 11.5 Å². The van der Waals surface area contributed by atoms with E-state index in [9.17, 15) is 26.4 Å². The molecular weight excluding hydrogens is 1060 g/mol. The van der Waals surface area contributed by atoms with Crippen molar-refractivity contribution < 1.29 is 57.2 Å². The molecule has 324 valence electrons. The van der Waals surface area contributed by atoms with Crippen LogP contribution in [0, 0.1) is 11.8 Å². The fourth-order valence-electron chi connectivity index (χ4n) is 8.81. The van der Waals surface area contributed by atoms with E-state index in [0.717, 1.165) is 20.0 Å². The first-order chi connectivity index (χ1) is 31.3. The van der Waals surface area contributed by atoms with Crippen LogP contribution < -0.4 is 5.29 Å². The van der Waals surface area contributed by atoms with Crippen LogP contribution in [0.15, 0.2) is 152 Å². The Morgan fingerprint density at radius 2 is 0.938 bits per heavy atom. The zero-order valence-electron chi connectivity index (χ0n) is 35.1. The molecular formula is C44H36HgN10O8S2. The molecule has 0 radical (unpaired) electrons. The molecule has 0 spiro atoms. The number of carbonyl (C=O) groups excluding carboxylic acids is 2. The summed E-state index contributed by atoms with van der Waals surface area (Å²) in [6, 6.07) is 29.8. The number of amidine groups is 2. The number of hydrogen-bond donors (Lipinski definition) is 0. The summed E-state index contributed by atoms with van der Waals surface area (Å²) in [5.74, 6) is -1.04. The average Bonchev–Trinajstić information content (AvgIpc) is 4.07. The summed E-state index contributed by atoms with van der Waals surface area (Å²) in [6.07, 6.45) is 3.05. The van der Waals surface area contributed by atoms with E-state index in [4.69, 9.17) is 5.29 Å². The van der Waals surface area contributed by atoms with Gasteiger partial charge in [0.15, 0.2) is 0 Å². The molecule has 4 atom stereocenters. The number of benzene rings is 4. The molecule has 2 aromatic heterocycles. The molecule has 2 amide bonds. The van der Waals surface area contributed by atoms with Crippen LogP contribution in [-0.2, 0) is 55.1 Å². The molecule has 21 heteroatoms. The van der Waals surface area contributed by atoms with Crippen molar-refractivity contribution in [3.63, 3.8) is 0 Å². The molecule has 6 heterocycles. The van der Waals surface area contributed by atoms with Gasteiger partial charge in [-0.15, -0.1) is 0 Å². The second-order valence-electron chi connectivity index (χ2n) is 15.6. The number of sulfonamides is 2. The first-order valence-corrected chi connectivity index (χ1v) is 27.7. The van der Waals surface area contributed by atoms with Crippen molar-refractivity contribution in [1.29, 1.82) is 0 Å². The van der Waals surface area contributed by atoms with Crippen LogP contribution in [0.25, 0.3) is 21.8 Å². The van der Waals surface area contributed by atoms with Gasteiger partial charge in [0.05, 0.1) is 0 Å². The molecule has 4 aliphatic heterocycles. The van der Waals surface area contributed by atoms with Crippen molar-refractivity contribution in [3.05, 3.63) is 133 Å². The Balaban J connectivity index is 0.909. The summed E-state index contributed by atoms with van der Waals surface area (Å²) >= 11 is -2.91. The molecule has 65 heavy (non-hydrogen) atoms. The first kappa shape index (κ1) is 42.3. The topological polar surface area (TPSA) is 209 Å². The molecule has 4 unspecified atom stereocenters. The molecule has 0 aliphatic carbocycles. The van der Waals surface area contributed by atoms with Gasteiger partial charge in [-0.05, 0) is 0 Å². The molecule has 6 aromatic rings. The number of carbonyl (C=O) groups is 2. The van der Waals surface area contributed by atoms with Crippen LogP contribution in [0.3, 0.4) is 0 Å². The van der Waals surface area contributed by atoms with Crippen LogP contribution in [0.2, 0.25) is 0 Å². The average molecular weight is 1100 g/mol. The minimum atomic E-state index is -4.39. The van der Waals surface area contributed by atoms with Gasteiger partial charge >= 0.3 is 352 Å². The van der Waals surface area contributed by atoms with Crippen molar-refractivity contribution in [1.82, 2.24) is 28.8 Å². The molecule has 4 aromatic carbocycles. The Kier molecular flexibility index (Phi) is 10.5. The van der Waals surface area contributed by atoms with E-state index < -0.39 is 69.5 Å². The third kappa shape index (κ3) is 6.92. The SMILES string of the molecule is CC(=O)N1N=C2C(C(C)=NN2S(=O)(=O)c2ccc([O][Hg][O]c3ccc(S(=O)(=O)N4N=C(C)C5C4=NN(C(C)=O)C5c4ccccc4)c4cccnc34)c3ncccc23)C1c1ccccc1. The quantitative estimate of drug-likeness (QED) is 0.147. The Labute approximate surface area is 386 Å². The van der Waals surface area contributed by atoms with Gasteiger partial charge in [0, 0.05) is 0 Å². The van der Waals surface area contributed by atoms with Crippen molar-refractivity contribution >= 4 is 76.8 Å². The van der Waals surface area contributed by atoms with E-state index in [-0.39, 0.29) is 55.1 Å². The number of nitrogens with zero attached hydrogens (tertiary/aromatic N) is 10. The van der Waals surface area contributed by atoms with Crippen molar-refractivity contribution in [2.24, 2.45) is 32.2 Å². The van der Waals surface area contributed by atoms with Crippen LogP contribution in [0.4, 0.5) is 0 Å². The molecule has 0 bridgehead atoms. The third-order valence-corrected chi connectivity index (χ3v) is 18.3. The van der Waals surface area contributed by atoms with Crippen molar-refractivity contribution in [2.45, 2.75) is 49.6 Å². The normalized spacial score (nSPS) is 20.2. The monoisotopic (exact) mass is 1100 g/mol. The van der Waals surface area contributed by atoms with Crippen LogP contribution in [0.1, 0.15) is 50.9 Å². The summed E-state index contributed by atoms with van der Waals surface area (Å²) in [6.45, 7) is 6.21. The second-order valence-corrected chi connectivity index (χ2v) is 22.3. The van der Waals surface area contributed by atoms with E-state index in [1.165, 1.54) is 60.5 Å². The fraction of sp³-hybridized carbons (Fsp3) is 0.182. The van der Waals surface area contributed by atoms with Gasteiger partial charge in [-0.25, -0.2) is 0 Å². The fourth-order valence-corrected chi connectivity index (χ4v) is 14.8. The van der Waals surface area contributed by atoms with E-state index >= 15 is 0 Å². The summed E-state index contributed by atoms with van der Waals surface area (Å²) in [7, 11) is -8.78. The molecule has 0 saturated carbocycles. The minimum Gasteiger partial charge on any atom is -0.0622 e. The Bertz CT molecular complexity index is 3120. The predicted molar refractivity (Wildman–Crippen MR) is 234 cm³/mol. The Morgan fingerprint density at radius 1 is 0.538 bits per heavy atom. The maximum absolute atomic E-state index is 14.5. The van der Waals surface area contributed by atoms with Gasteiger partial charge in [-0.3, -0.25) is 0 Å². The first-order valence-electron chi connectivity index (χ1n) is 20.4. The number of pyridine rings is 2. The molecule has 4 aliphatic rings. The van der Waals surface area contributed by atoms with E-state index in [0.29, 0.717) is 22.9 Å².